The number of carbonyl (C=O) groups is 1. The number of hydrogen-bond acceptors (Lipinski definition) is 4. The quantitative estimate of drug-likeness (QED) is 0.788. The number of piperidine rings is 1. The van der Waals surface area contributed by atoms with E-state index in [0.29, 0.717) is 18.9 Å². The van der Waals surface area contributed by atoms with E-state index < -0.39 is 9.84 Å². The number of hydrogen-bond donors (Lipinski definition) is 1. The van der Waals surface area contributed by atoms with Gasteiger partial charge in [0.2, 0.25) is 5.91 Å². The molecule has 0 radical (unpaired) electrons. The third kappa shape index (κ3) is 3.45. The molecule has 2 rings (SSSR count). The van der Waals surface area contributed by atoms with Gasteiger partial charge in [0.25, 0.3) is 0 Å². The van der Waals surface area contributed by atoms with Gasteiger partial charge in [0, 0.05) is 19.5 Å². The van der Waals surface area contributed by atoms with Gasteiger partial charge in [0.05, 0.1) is 11.5 Å². The Morgan fingerprint density at radius 1 is 1.28 bits per heavy atom. The molecule has 104 valence electrons. The first-order valence-corrected chi connectivity index (χ1v) is 8.47. The van der Waals surface area contributed by atoms with Crippen LogP contribution in [0.25, 0.3) is 0 Å². The van der Waals surface area contributed by atoms with Gasteiger partial charge in [-0.1, -0.05) is 0 Å². The summed E-state index contributed by atoms with van der Waals surface area (Å²) in [6.45, 7) is 1.92. The molecule has 2 fully saturated rings. The molecule has 0 aromatic rings. The van der Waals surface area contributed by atoms with E-state index in [9.17, 15) is 13.2 Å². The second kappa shape index (κ2) is 5.57. The van der Waals surface area contributed by atoms with E-state index in [2.05, 4.69) is 5.32 Å². The first-order valence-electron chi connectivity index (χ1n) is 6.65. The fraction of sp³-hybridized carbons (Fsp3) is 0.917. The molecule has 1 unspecified atom stereocenters. The zero-order valence-corrected chi connectivity index (χ0v) is 11.7. The lowest BCUT2D eigenvalue weighted by molar-refractivity contribution is -0.133. The minimum absolute atomic E-state index is 0.0339. The maximum Gasteiger partial charge on any atom is 0.222 e. The van der Waals surface area contributed by atoms with Crippen molar-refractivity contribution in [1.82, 2.24) is 10.2 Å². The third-order valence-electron chi connectivity index (χ3n) is 4.04. The normalized spacial score (nSPS) is 28.2. The number of amides is 1. The van der Waals surface area contributed by atoms with Crippen LogP contribution in [0.3, 0.4) is 0 Å². The molecule has 0 aliphatic carbocycles. The third-order valence-corrected chi connectivity index (χ3v) is 5.88. The van der Waals surface area contributed by atoms with Crippen molar-refractivity contribution in [2.45, 2.75) is 31.7 Å². The Bertz CT molecular complexity index is 402. The Kier molecular flexibility index (Phi) is 4.27. The van der Waals surface area contributed by atoms with Crippen molar-refractivity contribution in [1.29, 1.82) is 0 Å². The number of carbonyl (C=O) groups excluding carboxylic acids is 1. The SMILES string of the molecule is CN(C(=O)CC1CCS(=O)(=O)C1)C1CCNCC1. The van der Waals surface area contributed by atoms with Gasteiger partial charge in [0.1, 0.15) is 0 Å². The molecule has 2 saturated heterocycles. The van der Waals surface area contributed by atoms with Crippen molar-refractivity contribution >= 4 is 15.7 Å². The fourth-order valence-corrected chi connectivity index (χ4v) is 4.68. The highest BCUT2D eigenvalue weighted by molar-refractivity contribution is 7.91. The van der Waals surface area contributed by atoms with E-state index in [1.165, 1.54) is 0 Å². The van der Waals surface area contributed by atoms with Crippen LogP contribution in [0.4, 0.5) is 0 Å². The van der Waals surface area contributed by atoms with Gasteiger partial charge in [-0.3, -0.25) is 4.79 Å². The standard InChI is InChI=1S/C12H22N2O3S/c1-14(11-2-5-13-6-3-11)12(15)8-10-4-7-18(16,17)9-10/h10-11,13H,2-9H2,1H3. The summed E-state index contributed by atoms with van der Waals surface area (Å²) in [7, 11) is -1.02. The minimum Gasteiger partial charge on any atom is -0.343 e. The van der Waals surface area contributed by atoms with Crippen LogP contribution in [0.15, 0.2) is 0 Å². The Hall–Kier alpha value is -0.620. The van der Waals surface area contributed by atoms with Gasteiger partial charge in [-0.25, -0.2) is 8.42 Å². The lowest BCUT2D eigenvalue weighted by Gasteiger charge is -2.32. The highest BCUT2D eigenvalue weighted by Gasteiger charge is 2.31. The zero-order chi connectivity index (χ0) is 13.2. The smallest absolute Gasteiger partial charge is 0.222 e. The first-order chi connectivity index (χ1) is 8.48. The largest absolute Gasteiger partial charge is 0.343 e. The maximum atomic E-state index is 12.1. The van der Waals surface area contributed by atoms with Crippen LogP contribution >= 0.6 is 0 Å². The summed E-state index contributed by atoms with van der Waals surface area (Å²) in [4.78, 5) is 13.9. The summed E-state index contributed by atoms with van der Waals surface area (Å²) in [5.74, 6) is 0.580. The monoisotopic (exact) mass is 274 g/mol. The molecule has 2 aliphatic rings. The van der Waals surface area contributed by atoms with Crippen LogP contribution in [-0.2, 0) is 14.6 Å². The Morgan fingerprint density at radius 2 is 1.94 bits per heavy atom. The Labute approximate surface area is 109 Å². The molecular formula is C12H22N2O3S. The molecule has 1 atom stereocenters. The van der Waals surface area contributed by atoms with Crippen LogP contribution in [0, 0.1) is 5.92 Å². The van der Waals surface area contributed by atoms with Gasteiger partial charge in [-0.15, -0.1) is 0 Å². The fourth-order valence-electron chi connectivity index (χ4n) is 2.82. The highest BCUT2D eigenvalue weighted by atomic mass is 32.2. The van der Waals surface area contributed by atoms with Gasteiger partial charge in [-0.05, 0) is 38.3 Å². The van der Waals surface area contributed by atoms with Crippen molar-refractivity contribution in [3.8, 4) is 0 Å². The number of rotatable bonds is 3. The highest BCUT2D eigenvalue weighted by Crippen LogP contribution is 2.23. The minimum atomic E-state index is -2.87. The molecule has 2 aliphatic heterocycles. The molecule has 0 aromatic heterocycles. The van der Waals surface area contributed by atoms with Crippen molar-refractivity contribution in [2.24, 2.45) is 5.92 Å². The second-order valence-corrected chi connectivity index (χ2v) is 7.69. The van der Waals surface area contributed by atoms with E-state index in [0.717, 1.165) is 25.9 Å². The topological polar surface area (TPSA) is 66.5 Å². The molecule has 0 aromatic carbocycles. The van der Waals surface area contributed by atoms with E-state index in [1.807, 2.05) is 11.9 Å². The molecule has 2 heterocycles. The lowest BCUT2D eigenvalue weighted by atomic mass is 10.0. The van der Waals surface area contributed by atoms with Gasteiger partial charge in [0.15, 0.2) is 9.84 Å². The molecule has 6 heteroatoms. The van der Waals surface area contributed by atoms with Crippen LogP contribution in [0.2, 0.25) is 0 Å². The Balaban J connectivity index is 1.84. The van der Waals surface area contributed by atoms with Gasteiger partial charge in [-0.2, -0.15) is 0 Å². The van der Waals surface area contributed by atoms with E-state index in [4.69, 9.17) is 0 Å². The summed E-state index contributed by atoms with van der Waals surface area (Å²) in [5.41, 5.74) is 0. The van der Waals surface area contributed by atoms with Crippen molar-refractivity contribution < 1.29 is 13.2 Å². The summed E-state index contributed by atoms with van der Waals surface area (Å²) in [6, 6.07) is 0.316. The summed E-state index contributed by atoms with van der Waals surface area (Å²) in [6.07, 6.45) is 3.02. The van der Waals surface area contributed by atoms with Crippen LogP contribution in [0.5, 0.6) is 0 Å². The molecule has 1 amide bonds. The number of nitrogens with zero attached hydrogens (tertiary/aromatic N) is 1. The van der Waals surface area contributed by atoms with E-state index in [-0.39, 0.29) is 23.3 Å². The van der Waals surface area contributed by atoms with Crippen LogP contribution in [0.1, 0.15) is 25.7 Å². The Morgan fingerprint density at radius 3 is 2.50 bits per heavy atom. The predicted octanol–water partition coefficient (Wildman–Crippen LogP) is 0.0216. The van der Waals surface area contributed by atoms with Crippen molar-refractivity contribution in [3.05, 3.63) is 0 Å². The van der Waals surface area contributed by atoms with Gasteiger partial charge < -0.3 is 10.2 Å². The molecule has 1 N–H and O–H groups in total. The average molecular weight is 274 g/mol. The van der Waals surface area contributed by atoms with Crippen molar-refractivity contribution in [2.75, 3.05) is 31.6 Å². The van der Waals surface area contributed by atoms with Crippen LogP contribution in [-0.4, -0.2) is 56.9 Å². The maximum absolute atomic E-state index is 12.1. The predicted molar refractivity (Wildman–Crippen MR) is 70.0 cm³/mol. The molecule has 5 nitrogen and oxygen atoms in total. The number of sulfone groups is 1. The van der Waals surface area contributed by atoms with E-state index >= 15 is 0 Å². The molecule has 18 heavy (non-hydrogen) atoms. The molecule has 0 bridgehead atoms. The number of nitrogens with one attached hydrogen (secondary N) is 1. The second-order valence-electron chi connectivity index (χ2n) is 5.46. The van der Waals surface area contributed by atoms with E-state index in [1.54, 1.807) is 0 Å². The molecule has 0 saturated carbocycles. The summed E-state index contributed by atoms with van der Waals surface area (Å²) >= 11 is 0. The molecule has 0 spiro atoms. The summed E-state index contributed by atoms with van der Waals surface area (Å²) < 4.78 is 22.7. The molecular weight excluding hydrogens is 252 g/mol. The first kappa shape index (κ1) is 13.8. The van der Waals surface area contributed by atoms with Crippen molar-refractivity contribution in [3.63, 3.8) is 0 Å². The zero-order valence-electron chi connectivity index (χ0n) is 10.9. The van der Waals surface area contributed by atoms with Crippen LogP contribution < -0.4 is 5.32 Å². The lowest BCUT2D eigenvalue weighted by Crippen LogP contribution is -2.44. The summed E-state index contributed by atoms with van der Waals surface area (Å²) in [5, 5.41) is 3.28. The van der Waals surface area contributed by atoms with Gasteiger partial charge >= 0.3 is 0 Å². The average Bonchev–Trinajstić information content (AvgIpc) is 2.68.